The van der Waals surface area contributed by atoms with Crippen LogP contribution in [0.4, 0.5) is 19.1 Å². The van der Waals surface area contributed by atoms with Crippen LogP contribution in [0.25, 0.3) is 11.1 Å². The van der Waals surface area contributed by atoms with Crippen LogP contribution in [0.1, 0.15) is 62.6 Å². The molecule has 0 amide bonds. The van der Waals surface area contributed by atoms with E-state index in [2.05, 4.69) is 32.9 Å². The van der Waals surface area contributed by atoms with Gasteiger partial charge in [-0.15, -0.1) is 5.10 Å². The second-order valence-electron chi connectivity index (χ2n) is 8.42. The van der Waals surface area contributed by atoms with E-state index in [0.717, 1.165) is 62.0 Å². The van der Waals surface area contributed by atoms with Gasteiger partial charge in [0.25, 0.3) is 0 Å². The molecule has 0 bridgehead atoms. The number of fused-ring (bicyclic) bond motifs is 1. The molecule has 1 aliphatic carbocycles. The van der Waals surface area contributed by atoms with Crippen molar-refractivity contribution in [3.63, 3.8) is 0 Å². The lowest BCUT2D eigenvalue weighted by Gasteiger charge is -2.25. The van der Waals surface area contributed by atoms with Crippen LogP contribution in [0.2, 0.25) is 0 Å². The quantitative estimate of drug-likeness (QED) is 0.681. The third-order valence-corrected chi connectivity index (χ3v) is 5.98. The van der Waals surface area contributed by atoms with Gasteiger partial charge in [-0.1, -0.05) is 6.08 Å². The second kappa shape index (κ2) is 8.55. The molecule has 6 nitrogen and oxygen atoms in total. The van der Waals surface area contributed by atoms with Gasteiger partial charge in [0, 0.05) is 29.8 Å². The van der Waals surface area contributed by atoms with E-state index in [4.69, 9.17) is 0 Å². The maximum Gasteiger partial charge on any atom is 0.391 e. The van der Waals surface area contributed by atoms with E-state index >= 15 is 0 Å². The average Bonchev–Trinajstić information content (AvgIpc) is 3.06. The summed E-state index contributed by atoms with van der Waals surface area (Å²) in [6.45, 7) is 3.20. The van der Waals surface area contributed by atoms with Gasteiger partial charge >= 0.3 is 6.18 Å². The predicted octanol–water partition coefficient (Wildman–Crippen LogP) is 3.88. The van der Waals surface area contributed by atoms with Gasteiger partial charge in [0.2, 0.25) is 5.95 Å². The molecule has 2 aromatic rings. The van der Waals surface area contributed by atoms with E-state index in [0.29, 0.717) is 0 Å². The molecule has 4 rings (SSSR count). The number of nitrogens with one attached hydrogen (secondary N) is 2. The summed E-state index contributed by atoms with van der Waals surface area (Å²) in [4.78, 5) is 4.31. The summed E-state index contributed by atoms with van der Waals surface area (Å²) >= 11 is 0. The topological polar surface area (TPSA) is 74.5 Å². The van der Waals surface area contributed by atoms with Gasteiger partial charge in [0.05, 0.1) is 24.2 Å². The van der Waals surface area contributed by atoms with Crippen LogP contribution in [-0.4, -0.2) is 51.1 Å². The van der Waals surface area contributed by atoms with Gasteiger partial charge in [0.15, 0.2) is 0 Å². The van der Waals surface area contributed by atoms with Crippen molar-refractivity contribution < 1.29 is 18.3 Å². The zero-order chi connectivity index (χ0) is 21.3. The molecular weight excluding hydrogens is 395 g/mol. The number of anilines is 1. The fourth-order valence-electron chi connectivity index (χ4n) is 4.49. The van der Waals surface area contributed by atoms with Gasteiger partial charge < -0.3 is 15.7 Å². The molecular formula is C21H28F3N5O. The molecule has 9 heteroatoms. The van der Waals surface area contributed by atoms with Crippen LogP contribution in [0.3, 0.4) is 0 Å². The van der Waals surface area contributed by atoms with E-state index in [1.807, 2.05) is 4.52 Å². The van der Waals surface area contributed by atoms with Gasteiger partial charge in [-0.05, 0) is 57.2 Å². The summed E-state index contributed by atoms with van der Waals surface area (Å²) in [5.74, 6) is 0.449. The Balaban J connectivity index is 1.69. The van der Waals surface area contributed by atoms with Crippen LogP contribution in [0.15, 0.2) is 18.3 Å². The summed E-state index contributed by atoms with van der Waals surface area (Å²) in [6, 6.07) is 1.34. The molecule has 0 radical (unpaired) electrons. The maximum atomic E-state index is 12.7. The van der Waals surface area contributed by atoms with Crippen molar-refractivity contribution in [2.75, 3.05) is 18.4 Å². The number of rotatable bonds is 5. The molecule has 0 unspecified atom stereocenters. The average molecular weight is 423 g/mol. The van der Waals surface area contributed by atoms with Crippen LogP contribution in [-0.2, 0) is 0 Å². The van der Waals surface area contributed by atoms with Crippen molar-refractivity contribution in [3.05, 3.63) is 29.6 Å². The standard InChI is InChI=1S/C21H28F3N5O/c1-13(11-21(22,23)24)27-20-26-12-19-17(14-6-8-25-9-7-14)10-18(29(19)28-20)15-2-4-16(30)5-3-15/h6,10,12-13,15-16,25,30H,2-5,7-9,11H2,1H3,(H,27,28)/t13-,15?,16?/m0/s1. The number of alkyl halides is 3. The second-order valence-corrected chi connectivity index (χ2v) is 8.42. The molecule has 1 atom stereocenters. The van der Waals surface area contributed by atoms with E-state index < -0.39 is 18.6 Å². The van der Waals surface area contributed by atoms with E-state index in [1.54, 1.807) is 6.20 Å². The molecule has 164 valence electrons. The SMILES string of the molecule is C[C@@H](CC(F)(F)F)Nc1ncc2c(C3=CCNCC3)cc(C3CCC(O)CC3)n2n1. The van der Waals surface area contributed by atoms with Crippen molar-refractivity contribution in [3.8, 4) is 0 Å². The Morgan fingerprint density at radius 3 is 2.73 bits per heavy atom. The first-order valence-electron chi connectivity index (χ1n) is 10.6. The smallest absolute Gasteiger partial charge is 0.391 e. The summed E-state index contributed by atoms with van der Waals surface area (Å²) < 4.78 is 39.9. The Morgan fingerprint density at radius 2 is 2.07 bits per heavy atom. The summed E-state index contributed by atoms with van der Waals surface area (Å²) in [6.07, 6.45) is 2.57. The molecule has 0 saturated heterocycles. The molecule has 1 aliphatic heterocycles. The predicted molar refractivity (Wildman–Crippen MR) is 109 cm³/mol. The molecule has 2 aliphatic rings. The molecule has 3 heterocycles. The van der Waals surface area contributed by atoms with Crippen molar-refractivity contribution in [2.24, 2.45) is 0 Å². The zero-order valence-corrected chi connectivity index (χ0v) is 17.0. The highest BCUT2D eigenvalue weighted by Gasteiger charge is 2.30. The Bertz CT molecular complexity index is 915. The van der Waals surface area contributed by atoms with Gasteiger partial charge in [-0.3, -0.25) is 0 Å². The monoisotopic (exact) mass is 423 g/mol. The largest absolute Gasteiger partial charge is 0.393 e. The molecule has 3 N–H and O–H groups in total. The lowest BCUT2D eigenvalue weighted by molar-refractivity contribution is -0.136. The first-order valence-corrected chi connectivity index (χ1v) is 10.6. The van der Waals surface area contributed by atoms with Crippen LogP contribution in [0.5, 0.6) is 0 Å². The Kier molecular flexibility index (Phi) is 6.02. The lowest BCUT2D eigenvalue weighted by Crippen LogP contribution is -2.25. The minimum absolute atomic E-state index is 0.192. The number of aromatic nitrogens is 3. The van der Waals surface area contributed by atoms with Crippen molar-refractivity contribution >= 4 is 17.0 Å². The fraction of sp³-hybridized carbons (Fsp3) is 0.619. The highest BCUT2D eigenvalue weighted by Crippen LogP contribution is 2.37. The van der Waals surface area contributed by atoms with Crippen LogP contribution in [0, 0.1) is 0 Å². The Labute approximate surface area is 173 Å². The first kappa shape index (κ1) is 21.1. The van der Waals surface area contributed by atoms with Gasteiger partial charge in [-0.25, -0.2) is 9.50 Å². The summed E-state index contributed by atoms with van der Waals surface area (Å²) in [5.41, 5.74) is 4.24. The fourth-order valence-corrected chi connectivity index (χ4v) is 4.49. The number of hydrogen-bond donors (Lipinski definition) is 3. The third-order valence-electron chi connectivity index (χ3n) is 5.98. The van der Waals surface area contributed by atoms with Crippen LogP contribution < -0.4 is 10.6 Å². The normalized spacial score (nSPS) is 24.0. The summed E-state index contributed by atoms with van der Waals surface area (Å²) in [5, 5.41) is 20.6. The minimum atomic E-state index is -4.24. The summed E-state index contributed by atoms with van der Waals surface area (Å²) in [7, 11) is 0. The lowest BCUT2D eigenvalue weighted by atomic mass is 9.85. The van der Waals surface area contributed by atoms with E-state index in [1.165, 1.54) is 12.5 Å². The molecule has 1 saturated carbocycles. The van der Waals surface area contributed by atoms with Crippen molar-refractivity contribution in [1.82, 2.24) is 19.9 Å². The minimum Gasteiger partial charge on any atom is -0.393 e. The number of hydrogen-bond acceptors (Lipinski definition) is 5. The molecule has 0 aromatic carbocycles. The number of halogens is 3. The van der Waals surface area contributed by atoms with Crippen molar-refractivity contribution in [2.45, 2.75) is 69.7 Å². The first-order chi connectivity index (χ1) is 14.3. The Morgan fingerprint density at radius 1 is 1.30 bits per heavy atom. The van der Waals surface area contributed by atoms with Crippen molar-refractivity contribution in [1.29, 1.82) is 0 Å². The van der Waals surface area contributed by atoms with Gasteiger partial charge in [-0.2, -0.15) is 13.2 Å². The zero-order valence-electron chi connectivity index (χ0n) is 17.0. The highest BCUT2D eigenvalue weighted by atomic mass is 19.4. The van der Waals surface area contributed by atoms with E-state index in [-0.39, 0.29) is 18.0 Å². The van der Waals surface area contributed by atoms with Crippen LogP contribution >= 0.6 is 0 Å². The van der Waals surface area contributed by atoms with Gasteiger partial charge in [0.1, 0.15) is 0 Å². The Hall–Kier alpha value is -2.13. The molecule has 1 fully saturated rings. The molecule has 30 heavy (non-hydrogen) atoms. The number of aliphatic hydroxyl groups excluding tert-OH is 1. The third kappa shape index (κ3) is 4.78. The maximum absolute atomic E-state index is 12.7. The number of nitrogens with zero attached hydrogens (tertiary/aromatic N) is 3. The highest BCUT2D eigenvalue weighted by molar-refractivity contribution is 5.80. The van der Waals surface area contributed by atoms with E-state index in [9.17, 15) is 18.3 Å². The number of aliphatic hydroxyl groups is 1. The molecule has 0 spiro atoms. The molecule has 2 aromatic heterocycles.